The fourth-order valence-electron chi connectivity index (χ4n) is 3.85. The summed E-state index contributed by atoms with van der Waals surface area (Å²) in [5.41, 5.74) is 3.22. The minimum absolute atomic E-state index is 0.207. The Labute approximate surface area is 175 Å². The van der Waals surface area contributed by atoms with Crippen molar-refractivity contribution < 1.29 is 9.59 Å². The molecule has 0 amide bonds. The number of carbonyl (C=O) groups excluding carboxylic acids is 2. The Morgan fingerprint density at radius 1 is 0.833 bits per heavy atom. The first-order valence-electron chi connectivity index (χ1n) is 9.71. The van der Waals surface area contributed by atoms with Gasteiger partial charge in [0.1, 0.15) is 5.92 Å². The summed E-state index contributed by atoms with van der Waals surface area (Å²) in [4.78, 5) is 27.2. The molecule has 1 atom stereocenters. The fourth-order valence-corrected chi connectivity index (χ4v) is 3.85. The molecule has 0 unspecified atom stereocenters. The zero-order chi connectivity index (χ0) is 20.9. The third-order valence-corrected chi connectivity index (χ3v) is 5.18. The van der Waals surface area contributed by atoms with Crippen molar-refractivity contribution >= 4 is 23.5 Å². The monoisotopic (exact) mass is 392 g/mol. The predicted octanol–water partition coefficient (Wildman–Crippen LogP) is 4.86. The maximum absolute atomic E-state index is 13.9. The van der Waals surface area contributed by atoms with Gasteiger partial charge < -0.3 is 0 Å². The van der Waals surface area contributed by atoms with Gasteiger partial charge in [0.15, 0.2) is 11.6 Å². The molecule has 4 rings (SSSR count). The van der Waals surface area contributed by atoms with E-state index in [0.717, 1.165) is 11.1 Å². The molecule has 0 fully saturated rings. The third-order valence-electron chi connectivity index (χ3n) is 5.18. The summed E-state index contributed by atoms with van der Waals surface area (Å²) in [7, 11) is 0. The molecule has 0 spiro atoms. The maximum Gasteiger partial charge on any atom is 0.180 e. The van der Waals surface area contributed by atoms with Crippen LogP contribution in [-0.4, -0.2) is 23.5 Å². The maximum atomic E-state index is 13.9. The molecule has 3 aromatic carbocycles. The Kier molecular flexibility index (Phi) is 5.57. The molecule has 0 heterocycles. The van der Waals surface area contributed by atoms with Crippen LogP contribution >= 0.6 is 0 Å². The molecule has 146 valence electrons. The van der Waals surface area contributed by atoms with Gasteiger partial charge in [-0.2, -0.15) is 10.2 Å². The molecule has 4 nitrogen and oxygen atoms in total. The SMILES string of the molecule is C=C/C=N\N=C1/c2ccccc2C(=O)[C@H]1C(=O)C(c1ccccc1)c1ccccc1. The molecule has 1 aliphatic rings. The van der Waals surface area contributed by atoms with Crippen molar-refractivity contribution in [1.29, 1.82) is 0 Å². The minimum atomic E-state index is -1.00. The highest BCUT2D eigenvalue weighted by atomic mass is 16.2. The number of hydrogen-bond acceptors (Lipinski definition) is 4. The highest BCUT2D eigenvalue weighted by molar-refractivity contribution is 6.38. The van der Waals surface area contributed by atoms with E-state index >= 15 is 0 Å². The van der Waals surface area contributed by atoms with Crippen molar-refractivity contribution in [3.05, 3.63) is 120 Å². The van der Waals surface area contributed by atoms with E-state index in [1.807, 2.05) is 72.8 Å². The average molecular weight is 392 g/mol. The summed E-state index contributed by atoms with van der Waals surface area (Å²) in [5.74, 6) is -2.03. The van der Waals surface area contributed by atoms with Crippen molar-refractivity contribution in [2.24, 2.45) is 16.1 Å². The Morgan fingerprint density at radius 2 is 1.37 bits per heavy atom. The highest BCUT2D eigenvalue weighted by Gasteiger charge is 2.44. The molecule has 0 saturated heterocycles. The fraction of sp³-hybridized carbons (Fsp3) is 0.0769. The first kappa shape index (κ1) is 19.4. The molecule has 3 aromatic rings. The summed E-state index contributed by atoms with van der Waals surface area (Å²) >= 11 is 0. The van der Waals surface area contributed by atoms with Crippen molar-refractivity contribution in [1.82, 2.24) is 0 Å². The van der Waals surface area contributed by atoms with Crippen LogP contribution in [0.1, 0.15) is 33.0 Å². The van der Waals surface area contributed by atoms with E-state index in [1.54, 1.807) is 12.1 Å². The molecule has 1 aliphatic carbocycles. The molecule has 30 heavy (non-hydrogen) atoms. The number of nitrogens with zero attached hydrogens (tertiary/aromatic N) is 2. The van der Waals surface area contributed by atoms with Gasteiger partial charge in [-0.05, 0) is 17.2 Å². The lowest BCUT2D eigenvalue weighted by Gasteiger charge is -2.20. The quantitative estimate of drug-likeness (QED) is 0.342. The van der Waals surface area contributed by atoms with Gasteiger partial charge in [-0.25, -0.2) is 0 Å². The van der Waals surface area contributed by atoms with Crippen molar-refractivity contribution in [2.75, 3.05) is 0 Å². The number of rotatable bonds is 6. The Bertz CT molecular complexity index is 1110. The molecule has 0 N–H and O–H groups in total. The lowest BCUT2D eigenvalue weighted by molar-refractivity contribution is -0.120. The lowest BCUT2D eigenvalue weighted by Crippen LogP contribution is -2.31. The summed E-state index contributed by atoms with van der Waals surface area (Å²) in [6, 6.07) is 26.2. The van der Waals surface area contributed by atoms with Gasteiger partial charge in [0.05, 0.1) is 11.6 Å². The van der Waals surface area contributed by atoms with Crippen molar-refractivity contribution in [3.63, 3.8) is 0 Å². The topological polar surface area (TPSA) is 58.9 Å². The van der Waals surface area contributed by atoms with E-state index in [4.69, 9.17) is 0 Å². The average Bonchev–Trinajstić information content (AvgIpc) is 3.07. The second kappa shape index (κ2) is 8.62. The van der Waals surface area contributed by atoms with Gasteiger partial charge in [-0.3, -0.25) is 9.59 Å². The zero-order valence-corrected chi connectivity index (χ0v) is 16.3. The van der Waals surface area contributed by atoms with Gasteiger partial charge in [0.2, 0.25) is 0 Å². The predicted molar refractivity (Wildman–Crippen MR) is 119 cm³/mol. The Morgan fingerprint density at radius 3 is 1.93 bits per heavy atom. The van der Waals surface area contributed by atoms with Gasteiger partial charge in [-0.1, -0.05) is 91.5 Å². The second-order valence-corrected chi connectivity index (χ2v) is 6.99. The van der Waals surface area contributed by atoms with Crippen molar-refractivity contribution in [3.8, 4) is 0 Å². The number of Topliss-reactive ketones (excluding diaryl/α,β-unsaturated/α-hetero) is 2. The van der Waals surface area contributed by atoms with Crippen LogP contribution in [0.25, 0.3) is 0 Å². The van der Waals surface area contributed by atoms with Gasteiger partial charge in [-0.15, -0.1) is 0 Å². The molecule has 0 aliphatic heterocycles. The minimum Gasteiger partial charge on any atom is -0.297 e. The van der Waals surface area contributed by atoms with Crippen LogP contribution in [0, 0.1) is 5.92 Å². The number of ketones is 2. The van der Waals surface area contributed by atoms with Crippen LogP contribution in [0.3, 0.4) is 0 Å². The Hall–Kier alpha value is -3.92. The molecular formula is C26H20N2O2. The van der Waals surface area contributed by atoms with E-state index in [2.05, 4.69) is 16.8 Å². The molecule has 0 radical (unpaired) electrons. The van der Waals surface area contributed by atoms with Crippen LogP contribution in [0.2, 0.25) is 0 Å². The largest absolute Gasteiger partial charge is 0.297 e. The van der Waals surface area contributed by atoms with Crippen LogP contribution in [-0.2, 0) is 4.79 Å². The van der Waals surface area contributed by atoms with E-state index in [1.165, 1.54) is 12.3 Å². The second-order valence-electron chi connectivity index (χ2n) is 6.99. The van der Waals surface area contributed by atoms with Crippen LogP contribution < -0.4 is 0 Å². The third kappa shape index (κ3) is 3.55. The van der Waals surface area contributed by atoms with Crippen LogP contribution in [0.5, 0.6) is 0 Å². The first-order chi connectivity index (χ1) is 14.7. The van der Waals surface area contributed by atoms with E-state index in [0.29, 0.717) is 16.8 Å². The smallest absolute Gasteiger partial charge is 0.180 e. The van der Waals surface area contributed by atoms with Gasteiger partial charge >= 0.3 is 0 Å². The molecule has 0 saturated carbocycles. The summed E-state index contributed by atoms with van der Waals surface area (Å²) in [6.45, 7) is 3.59. The summed E-state index contributed by atoms with van der Waals surface area (Å²) in [5, 5.41) is 8.23. The summed E-state index contributed by atoms with van der Waals surface area (Å²) < 4.78 is 0. The standard InChI is InChI=1S/C26H20N2O2/c1-2-17-27-28-24-20-15-9-10-16-21(20)25(29)23(24)26(30)22(18-11-5-3-6-12-18)19-13-7-4-8-14-19/h2-17,22-23H,1H2/b27-17-,28-24+/t23-/m0/s1. The van der Waals surface area contributed by atoms with Crippen LogP contribution in [0.15, 0.2) is 108 Å². The molecule has 4 heteroatoms. The summed E-state index contributed by atoms with van der Waals surface area (Å²) in [6.07, 6.45) is 2.94. The molecular weight excluding hydrogens is 372 g/mol. The molecule has 0 aromatic heterocycles. The first-order valence-corrected chi connectivity index (χ1v) is 9.71. The highest BCUT2D eigenvalue weighted by Crippen LogP contribution is 2.35. The normalized spacial score (nSPS) is 16.9. The number of benzene rings is 3. The molecule has 0 bridgehead atoms. The van der Waals surface area contributed by atoms with Gasteiger partial charge in [0, 0.05) is 17.3 Å². The van der Waals surface area contributed by atoms with Gasteiger partial charge in [0.25, 0.3) is 0 Å². The Balaban J connectivity index is 1.84. The number of hydrogen-bond donors (Lipinski definition) is 0. The number of fused-ring (bicyclic) bond motifs is 1. The lowest BCUT2D eigenvalue weighted by atomic mass is 9.80. The van der Waals surface area contributed by atoms with Crippen LogP contribution in [0.4, 0.5) is 0 Å². The number of allylic oxidation sites excluding steroid dienone is 1. The number of carbonyl (C=O) groups is 2. The van der Waals surface area contributed by atoms with E-state index in [-0.39, 0.29) is 11.6 Å². The zero-order valence-electron chi connectivity index (χ0n) is 16.3. The van der Waals surface area contributed by atoms with E-state index in [9.17, 15) is 9.59 Å². The van der Waals surface area contributed by atoms with E-state index < -0.39 is 11.8 Å². The van der Waals surface area contributed by atoms with Crippen molar-refractivity contribution in [2.45, 2.75) is 5.92 Å².